The zero-order valence-electron chi connectivity index (χ0n) is 29.6. The largest absolute Gasteiger partial charge is 0.493 e. The van der Waals surface area contributed by atoms with Crippen molar-refractivity contribution in [3.8, 4) is 23.1 Å². The fraction of sp³-hybridized carbons (Fsp3) is 0.100. The molecule has 1 radical (unpaired) electrons. The topological polar surface area (TPSA) is 210 Å². The van der Waals surface area contributed by atoms with E-state index in [1.807, 2.05) is 36.4 Å². The predicted molar refractivity (Wildman–Crippen MR) is 201 cm³/mol. The molecule has 6 aromatic rings. The Bertz CT molecular complexity index is 2420. The molecule has 0 bridgehead atoms. The number of hydrogen-bond acceptors (Lipinski definition) is 10. The quantitative estimate of drug-likeness (QED) is 0.0627. The van der Waals surface area contributed by atoms with E-state index >= 15 is 0 Å². The monoisotopic (exact) mass is 785 g/mol. The van der Waals surface area contributed by atoms with Gasteiger partial charge in [0.05, 0.1) is 56.4 Å². The third kappa shape index (κ3) is 9.53. The summed E-state index contributed by atoms with van der Waals surface area (Å²) in [5.74, 6) is -2.68. The summed E-state index contributed by atoms with van der Waals surface area (Å²) in [5, 5.41) is 48.3. The Kier molecular flexibility index (Phi) is 13.5. The first-order chi connectivity index (χ1) is 25.9. The van der Waals surface area contributed by atoms with E-state index in [-0.39, 0.29) is 63.2 Å². The van der Waals surface area contributed by atoms with Crippen LogP contribution in [0.5, 0.6) is 11.8 Å². The number of carbonyl (C=O) groups is 4. The van der Waals surface area contributed by atoms with Gasteiger partial charge in [0, 0.05) is 41.2 Å². The average Bonchev–Trinajstić information content (AvgIpc) is 3.62. The Morgan fingerprint density at radius 3 is 1.53 bits per heavy atom. The van der Waals surface area contributed by atoms with E-state index in [1.165, 1.54) is 53.0 Å². The number of aldehydes is 1. The van der Waals surface area contributed by atoms with Gasteiger partial charge in [0.1, 0.15) is 6.29 Å². The van der Waals surface area contributed by atoms with Crippen LogP contribution in [0.1, 0.15) is 66.1 Å². The number of aryl methyl sites for hydroxylation is 2. The molecule has 2 heterocycles. The van der Waals surface area contributed by atoms with Crippen molar-refractivity contribution in [3.05, 3.63) is 142 Å². The summed E-state index contributed by atoms with van der Waals surface area (Å²) in [6.07, 6.45) is 3.63. The van der Waals surface area contributed by atoms with Gasteiger partial charge in [-0.3, -0.25) is 14.8 Å². The average molecular weight is 786 g/mol. The van der Waals surface area contributed by atoms with Crippen molar-refractivity contribution in [2.75, 3.05) is 0 Å². The standard InChI is InChI=1S/2C20H17N3O4.Co/c1-12-17(19(25)23(22-12)15-6-4-3-5-7-15)11-21-18-10-14(13(2)24)8-9-16(18)20(26)27;1-13-17(19(25)23(22-13)15-5-3-2-4-6-15)12-21-18-11-14(9-10-24)7-8-16(18)20(26)27;/h3-11,25H,1-2H3,(H,26,27);2-8,10-12,25H,9H2,1H3,(H,26,27);. The number of carboxylic acid groups (broad SMARTS) is 2. The summed E-state index contributed by atoms with van der Waals surface area (Å²) < 4.78 is 2.76. The van der Waals surface area contributed by atoms with Crippen molar-refractivity contribution in [1.82, 2.24) is 19.6 Å². The molecule has 6 rings (SSSR count). The number of aromatic nitrogens is 4. The number of aliphatic imine (C=N–C) groups is 2. The number of hydrogen-bond donors (Lipinski definition) is 4. The molecule has 0 aliphatic rings. The van der Waals surface area contributed by atoms with E-state index in [0.717, 1.165) is 6.29 Å². The number of ketones is 1. The summed E-state index contributed by atoms with van der Waals surface area (Å²) >= 11 is 0. The fourth-order valence-corrected chi connectivity index (χ4v) is 5.25. The van der Waals surface area contributed by atoms with Crippen molar-refractivity contribution in [1.29, 1.82) is 0 Å². The second-order valence-electron chi connectivity index (χ2n) is 11.8. The summed E-state index contributed by atoms with van der Waals surface area (Å²) in [5.41, 5.74) is 4.50. The van der Waals surface area contributed by atoms with Crippen LogP contribution in [0.15, 0.2) is 107 Å². The van der Waals surface area contributed by atoms with Crippen LogP contribution in [0.25, 0.3) is 11.4 Å². The number of nitrogens with zero attached hydrogens (tertiary/aromatic N) is 6. The van der Waals surface area contributed by atoms with Crippen LogP contribution in [-0.2, 0) is 28.0 Å². The Morgan fingerprint density at radius 2 is 1.11 bits per heavy atom. The normalized spacial score (nSPS) is 10.8. The molecule has 0 atom stereocenters. The first-order valence-electron chi connectivity index (χ1n) is 16.3. The van der Waals surface area contributed by atoms with Crippen LogP contribution in [-0.4, -0.2) is 76.4 Å². The molecule has 4 aromatic carbocycles. The van der Waals surface area contributed by atoms with Crippen LogP contribution in [0.4, 0.5) is 11.4 Å². The molecule has 2 aromatic heterocycles. The van der Waals surface area contributed by atoms with Gasteiger partial charge in [-0.25, -0.2) is 19.0 Å². The van der Waals surface area contributed by atoms with Crippen LogP contribution < -0.4 is 0 Å². The molecule has 0 aliphatic carbocycles. The van der Waals surface area contributed by atoms with Gasteiger partial charge in [0.25, 0.3) is 0 Å². The molecule has 4 N–H and O–H groups in total. The third-order valence-electron chi connectivity index (χ3n) is 8.08. The van der Waals surface area contributed by atoms with E-state index < -0.39 is 11.9 Å². The molecular weight excluding hydrogens is 751 g/mol. The molecule has 0 unspecified atom stereocenters. The van der Waals surface area contributed by atoms with E-state index in [0.29, 0.717) is 45.0 Å². The summed E-state index contributed by atoms with van der Waals surface area (Å²) in [7, 11) is 0. The SMILES string of the molecule is CC(=O)c1ccc(C(=O)O)c(N=Cc2c(C)nn(-c3ccccc3)c2O)c1.Cc1nn(-c2ccccc2)c(O)c1C=Nc1cc(CC=O)ccc1C(=O)O.[Co]. The zero-order chi connectivity index (χ0) is 38.9. The number of para-hydroxylation sites is 2. The first-order valence-corrected chi connectivity index (χ1v) is 16.3. The van der Waals surface area contributed by atoms with Crippen LogP contribution >= 0.6 is 0 Å². The third-order valence-corrected chi connectivity index (χ3v) is 8.08. The summed E-state index contributed by atoms with van der Waals surface area (Å²) in [4.78, 5) is 53.5. The van der Waals surface area contributed by atoms with Gasteiger partial charge < -0.3 is 25.2 Å². The van der Waals surface area contributed by atoms with Crippen molar-refractivity contribution in [3.63, 3.8) is 0 Å². The van der Waals surface area contributed by atoms with Crippen LogP contribution in [0.2, 0.25) is 0 Å². The molecule has 0 spiro atoms. The Morgan fingerprint density at radius 1 is 0.673 bits per heavy atom. The predicted octanol–water partition coefficient (Wildman–Crippen LogP) is 6.61. The molecule has 14 nitrogen and oxygen atoms in total. The molecule has 0 saturated carbocycles. The van der Waals surface area contributed by atoms with Crippen molar-refractivity contribution < 1.29 is 56.4 Å². The van der Waals surface area contributed by atoms with Crippen molar-refractivity contribution in [2.24, 2.45) is 9.98 Å². The first kappa shape index (κ1) is 40.8. The number of carboxylic acids is 2. The van der Waals surface area contributed by atoms with E-state index in [4.69, 9.17) is 0 Å². The molecular formula is C40H34CoN6O8. The summed E-state index contributed by atoms with van der Waals surface area (Å²) in [6.45, 7) is 4.83. The van der Waals surface area contributed by atoms with Gasteiger partial charge in [-0.2, -0.15) is 10.2 Å². The van der Waals surface area contributed by atoms with Crippen molar-refractivity contribution >= 4 is 47.8 Å². The second kappa shape index (κ2) is 18.2. The van der Waals surface area contributed by atoms with Gasteiger partial charge in [-0.05, 0) is 74.9 Å². The van der Waals surface area contributed by atoms with Crippen molar-refractivity contribution in [2.45, 2.75) is 27.2 Å². The minimum absolute atomic E-state index is 0. The van der Waals surface area contributed by atoms with E-state index in [9.17, 15) is 39.6 Å². The molecule has 0 saturated heterocycles. The van der Waals surface area contributed by atoms with E-state index in [1.54, 1.807) is 50.2 Å². The minimum atomic E-state index is -1.15. The number of aromatic hydroxyl groups is 2. The number of carbonyl (C=O) groups excluding carboxylic acids is 2. The molecule has 281 valence electrons. The van der Waals surface area contributed by atoms with Gasteiger partial charge in [0.2, 0.25) is 11.8 Å². The van der Waals surface area contributed by atoms with E-state index in [2.05, 4.69) is 20.2 Å². The van der Waals surface area contributed by atoms with Crippen LogP contribution in [0, 0.1) is 13.8 Å². The Balaban J connectivity index is 0.000000240. The second-order valence-corrected chi connectivity index (χ2v) is 11.8. The maximum Gasteiger partial charge on any atom is 0.337 e. The maximum atomic E-state index is 11.6. The smallest absolute Gasteiger partial charge is 0.337 e. The molecule has 0 fully saturated rings. The number of rotatable bonds is 11. The Labute approximate surface area is 325 Å². The number of benzene rings is 4. The van der Waals surface area contributed by atoms with Gasteiger partial charge >= 0.3 is 11.9 Å². The minimum Gasteiger partial charge on any atom is -0.493 e. The Hall–Kier alpha value is -6.97. The fourth-order valence-electron chi connectivity index (χ4n) is 5.25. The zero-order valence-corrected chi connectivity index (χ0v) is 30.7. The molecule has 0 amide bonds. The summed E-state index contributed by atoms with van der Waals surface area (Å²) in [6, 6.07) is 27.0. The van der Waals surface area contributed by atoms with Gasteiger partial charge in [-0.1, -0.05) is 48.5 Å². The van der Waals surface area contributed by atoms with Gasteiger partial charge in [-0.15, -0.1) is 0 Å². The van der Waals surface area contributed by atoms with Gasteiger partial charge in [0.15, 0.2) is 5.78 Å². The molecule has 15 heteroatoms. The number of aromatic carboxylic acids is 2. The maximum absolute atomic E-state index is 11.6. The molecule has 0 aliphatic heterocycles. The van der Waals surface area contributed by atoms with Crippen LogP contribution in [0.3, 0.4) is 0 Å². The molecule has 55 heavy (non-hydrogen) atoms. The number of Topliss-reactive ketones (excluding diaryl/α,β-unsaturated/α-hetero) is 1.